The van der Waals surface area contributed by atoms with Crippen LogP contribution >= 0.6 is 15.9 Å². The molecule has 0 aromatic carbocycles. The molecule has 6 heavy (non-hydrogen) atoms. The average Bonchev–Trinajstić information content (AvgIpc) is 1.36. The highest BCUT2D eigenvalue weighted by molar-refractivity contribution is 9.08. The van der Waals surface area contributed by atoms with E-state index in [2.05, 4.69) is 15.9 Å². The minimum absolute atomic E-state index is 1.50. The zero-order valence-electron chi connectivity index (χ0n) is 4.21. The lowest BCUT2D eigenvalue weighted by Crippen LogP contribution is -1.85. The van der Waals surface area contributed by atoms with Gasteiger partial charge in [-0.2, -0.15) is 0 Å². The minimum atomic E-state index is 1.50. The molecule has 1 aliphatic rings. The molecule has 0 heterocycles. The smallest absolute Gasteiger partial charge is 0.00848 e. The van der Waals surface area contributed by atoms with Crippen LogP contribution in [0.1, 0.15) is 25.7 Å². The molecule has 0 N–H and O–H groups in total. The molecule has 0 aromatic heterocycles. The fourth-order valence-corrected chi connectivity index (χ4v) is 0.250. The standard InChI is InChI=1S/C4H8.CH3Br/c1-2-4-3-1;1-2/h1-4H2;1H3. The summed E-state index contributed by atoms with van der Waals surface area (Å²) in [6.45, 7) is 0. The molecule has 0 spiro atoms. The van der Waals surface area contributed by atoms with Crippen LogP contribution in [0.15, 0.2) is 0 Å². The monoisotopic (exact) mass is 150 g/mol. The van der Waals surface area contributed by atoms with Crippen molar-refractivity contribution >= 4 is 15.9 Å². The van der Waals surface area contributed by atoms with Gasteiger partial charge in [-0.3, -0.25) is 0 Å². The third-order valence-corrected chi connectivity index (χ3v) is 1.000. The maximum Gasteiger partial charge on any atom is -0.00848 e. The molecule has 1 heteroatoms. The molecule has 0 nitrogen and oxygen atoms in total. The van der Waals surface area contributed by atoms with Crippen LogP contribution in [0.5, 0.6) is 0 Å². The molecule has 1 fully saturated rings. The molecule has 38 valence electrons. The van der Waals surface area contributed by atoms with Crippen molar-refractivity contribution in [2.45, 2.75) is 25.7 Å². The molecule has 0 amide bonds. The van der Waals surface area contributed by atoms with Crippen molar-refractivity contribution in [2.75, 3.05) is 5.83 Å². The molecular formula is C5H11Br. The highest BCUT2D eigenvalue weighted by Gasteiger charge is 1.95. The van der Waals surface area contributed by atoms with Crippen molar-refractivity contribution < 1.29 is 0 Å². The van der Waals surface area contributed by atoms with E-state index >= 15 is 0 Å². The van der Waals surface area contributed by atoms with Gasteiger partial charge in [0, 0.05) is 0 Å². The SMILES string of the molecule is C1CCC1.CBr. The van der Waals surface area contributed by atoms with Crippen LogP contribution in [0.25, 0.3) is 0 Å². The fraction of sp³-hybridized carbons (Fsp3) is 1.00. The largest absolute Gasteiger partial charge is 0.0966 e. The molecule has 1 aliphatic carbocycles. The molecule has 0 atom stereocenters. The molecule has 1 rings (SSSR count). The minimum Gasteiger partial charge on any atom is -0.0966 e. The summed E-state index contributed by atoms with van der Waals surface area (Å²) in [6.07, 6.45) is 6.00. The maximum absolute atomic E-state index is 2.94. The van der Waals surface area contributed by atoms with Gasteiger partial charge in [0.15, 0.2) is 0 Å². The van der Waals surface area contributed by atoms with Crippen molar-refractivity contribution in [1.82, 2.24) is 0 Å². The Bertz CT molecular complexity index is 11.9. The van der Waals surface area contributed by atoms with Gasteiger partial charge in [-0.15, -0.1) is 0 Å². The van der Waals surface area contributed by atoms with Crippen LogP contribution in [-0.2, 0) is 0 Å². The summed E-state index contributed by atoms with van der Waals surface area (Å²) in [4.78, 5) is 0. The van der Waals surface area contributed by atoms with Gasteiger partial charge < -0.3 is 0 Å². The van der Waals surface area contributed by atoms with E-state index in [9.17, 15) is 0 Å². The van der Waals surface area contributed by atoms with Crippen LogP contribution in [0.2, 0.25) is 0 Å². The summed E-state index contributed by atoms with van der Waals surface area (Å²) in [5.74, 6) is 1.81. The molecule has 0 saturated heterocycles. The van der Waals surface area contributed by atoms with Crippen molar-refractivity contribution in [1.29, 1.82) is 0 Å². The third-order valence-electron chi connectivity index (χ3n) is 1.000. The first-order chi connectivity index (χ1) is 3.00. The normalized spacial score (nSPS) is 17.0. The number of rotatable bonds is 0. The quantitative estimate of drug-likeness (QED) is 0.466. The van der Waals surface area contributed by atoms with Crippen molar-refractivity contribution in [3.05, 3.63) is 0 Å². The first-order valence-corrected chi connectivity index (χ1v) is 3.96. The Morgan fingerprint density at radius 2 is 1.00 bits per heavy atom. The molecule has 0 radical (unpaired) electrons. The van der Waals surface area contributed by atoms with Gasteiger partial charge in [0.05, 0.1) is 0 Å². The average molecular weight is 151 g/mol. The van der Waals surface area contributed by atoms with Crippen molar-refractivity contribution in [3.63, 3.8) is 0 Å². The van der Waals surface area contributed by atoms with Gasteiger partial charge in [-0.05, 0) is 5.83 Å². The van der Waals surface area contributed by atoms with Gasteiger partial charge in [-0.25, -0.2) is 0 Å². The van der Waals surface area contributed by atoms with E-state index in [-0.39, 0.29) is 0 Å². The molecule has 1 saturated carbocycles. The van der Waals surface area contributed by atoms with E-state index in [1.807, 2.05) is 5.83 Å². The lowest BCUT2D eigenvalue weighted by atomic mass is 10.0. The Morgan fingerprint density at radius 3 is 1.00 bits per heavy atom. The number of hydrogen-bond acceptors (Lipinski definition) is 0. The van der Waals surface area contributed by atoms with Gasteiger partial charge in [0.25, 0.3) is 0 Å². The van der Waals surface area contributed by atoms with E-state index in [1.54, 1.807) is 0 Å². The van der Waals surface area contributed by atoms with Crippen LogP contribution in [0, 0.1) is 0 Å². The molecule has 0 aliphatic heterocycles. The van der Waals surface area contributed by atoms with Gasteiger partial charge >= 0.3 is 0 Å². The van der Waals surface area contributed by atoms with Crippen LogP contribution in [0.3, 0.4) is 0 Å². The third kappa shape index (κ3) is 2.70. The molecule has 0 bridgehead atoms. The number of alkyl halides is 1. The first-order valence-electron chi connectivity index (χ1n) is 2.38. The predicted molar refractivity (Wildman–Crippen MR) is 33.3 cm³/mol. The van der Waals surface area contributed by atoms with E-state index in [4.69, 9.17) is 0 Å². The Labute approximate surface area is 48.1 Å². The second-order valence-electron chi connectivity index (χ2n) is 1.41. The second kappa shape index (κ2) is 5.48. The van der Waals surface area contributed by atoms with Crippen LogP contribution in [-0.4, -0.2) is 5.83 Å². The van der Waals surface area contributed by atoms with Crippen molar-refractivity contribution in [3.8, 4) is 0 Å². The Morgan fingerprint density at radius 1 is 0.833 bits per heavy atom. The number of hydrogen-bond donors (Lipinski definition) is 0. The van der Waals surface area contributed by atoms with Crippen molar-refractivity contribution in [2.24, 2.45) is 0 Å². The number of halogens is 1. The van der Waals surface area contributed by atoms with Gasteiger partial charge in [0.1, 0.15) is 0 Å². The zero-order valence-corrected chi connectivity index (χ0v) is 5.79. The summed E-state index contributed by atoms with van der Waals surface area (Å²) in [5.41, 5.74) is 0. The zero-order chi connectivity index (χ0) is 4.83. The summed E-state index contributed by atoms with van der Waals surface area (Å²) < 4.78 is 0. The lowest BCUT2D eigenvalue weighted by Gasteiger charge is -2.05. The van der Waals surface area contributed by atoms with E-state index < -0.39 is 0 Å². The predicted octanol–water partition coefficient (Wildman–Crippen LogP) is 2.57. The fourth-order valence-electron chi connectivity index (χ4n) is 0.250. The van der Waals surface area contributed by atoms with E-state index in [1.165, 1.54) is 25.7 Å². The molecular weight excluding hydrogens is 140 g/mol. The topological polar surface area (TPSA) is 0 Å². The van der Waals surface area contributed by atoms with Gasteiger partial charge in [0.2, 0.25) is 0 Å². The molecule has 0 unspecified atom stereocenters. The Kier molecular flexibility index (Phi) is 5.92. The molecule has 0 aromatic rings. The summed E-state index contributed by atoms with van der Waals surface area (Å²) >= 11 is 2.94. The lowest BCUT2D eigenvalue weighted by molar-refractivity contribution is 0.504. The highest BCUT2D eigenvalue weighted by Crippen LogP contribution is 2.15. The summed E-state index contributed by atoms with van der Waals surface area (Å²) in [6, 6.07) is 0. The van der Waals surface area contributed by atoms with E-state index in [0.717, 1.165) is 0 Å². The van der Waals surface area contributed by atoms with E-state index in [0.29, 0.717) is 0 Å². The van der Waals surface area contributed by atoms with Crippen LogP contribution < -0.4 is 0 Å². The second-order valence-corrected chi connectivity index (χ2v) is 1.41. The summed E-state index contributed by atoms with van der Waals surface area (Å²) in [5, 5.41) is 0. The van der Waals surface area contributed by atoms with Gasteiger partial charge in [-0.1, -0.05) is 41.6 Å². The first kappa shape index (κ1) is 6.48. The highest BCUT2D eigenvalue weighted by atomic mass is 79.9. The Hall–Kier alpha value is 0.480. The summed E-state index contributed by atoms with van der Waals surface area (Å²) in [7, 11) is 0. The van der Waals surface area contributed by atoms with Crippen LogP contribution in [0.4, 0.5) is 0 Å². The Balaban J connectivity index is 0.000000112. The maximum atomic E-state index is 2.94.